The first-order valence-corrected chi connectivity index (χ1v) is 3.97. The van der Waals surface area contributed by atoms with Crippen LogP contribution in [0.3, 0.4) is 0 Å². The van der Waals surface area contributed by atoms with E-state index in [1.54, 1.807) is 4.90 Å². The van der Waals surface area contributed by atoms with Crippen LogP contribution in [-0.2, 0) is 4.79 Å². The Kier molecular flexibility index (Phi) is 3.05. The van der Waals surface area contributed by atoms with Gasteiger partial charge in [0, 0.05) is 12.7 Å². The van der Waals surface area contributed by atoms with Crippen LogP contribution in [0.5, 0.6) is 0 Å². The Labute approximate surface area is 73.0 Å². The molecule has 0 fully saturated rings. The van der Waals surface area contributed by atoms with E-state index in [9.17, 15) is 4.79 Å². The average Bonchev–Trinajstić information content (AvgIpc) is 2.05. The van der Waals surface area contributed by atoms with Crippen LogP contribution in [0, 0.1) is 0 Å². The van der Waals surface area contributed by atoms with Crippen LogP contribution in [0.2, 0.25) is 0 Å². The second-order valence-electron chi connectivity index (χ2n) is 3.05. The Morgan fingerprint density at radius 1 is 1.50 bits per heavy atom. The summed E-state index contributed by atoms with van der Waals surface area (Å²) >= 11 is 0. The maximum absolute atomic E-state index is 11.4. The van der Waals surface area contributed by atoms with Gasteiger partial charge in [-0.25, -0.2) is 0 Å². The fourth-order valence-electron chi connectivity index (χ4n) is 1.01. The predicted molar refractivity (Wildman–Crippen MR) is 48.5 cm³/mol. The molecule has 0 aliphatic carbocycles. The summed E-state index contributed by atoms with van der Waals surface area (Å²) < 4.78 is 0. The number of amides is 1. The number of hydrogen-bond acceptors (Lipinski definition) is 2. The smallest absolute Gasteiger partial charge is 0.240 e. The number of carbonyl (C=O) groups is 1. The van der Waals surface area contributed by atoms with E-state index in [2.05, 4.69) is 0 Å². The van der Waals surface area contributed by atoms with Crippen molar-refractivity contribution in [2.75, 3.05) is 27.2 Å². The maximum atomic E-state index is 11.4. The van der Waals surface area contributed by atoms with Gasteiger partial charge in [-0.15, -0.1) is 0 Å². The van der Waals surface area contributed by atoms with Crippen molar-refractivity contribution >= 4 is 5.91 Å². The van der Waals surface area contributed by atoms with Crippen molar-refractivity contribution in [3.8, 4) is 0 Å². The largest absolute Gasteiger partial charge is 0.314 e. The zero-order chi connectivity index (χ0) is 8.97. The average molecular weight is 166 g/mol. The minimum absolute atomic E-state index is 0.139. The van der Waals surface area contributed by atoms with Crippen LogP contribution in [0.4, 0.5) is 0 Å². The third kappa shape index (κ3) is 2.51. The first-order valence-electron chi connectivity index (χ1n) is 3.97. The van der Waals surface area contributed by atoms with Gasteiger partial charge in [0.1, 0.15) is 0 Å². The van der Waals surface area contributed by atoms with E-state index in [1.165, 1.54) is 0 Å². The monoisotopic (exact) mass is 166 g/mol. The molecule has 66 valence electrons. The molecule has 0 unspecified atom stereocenters. The highest BCUT2D eigenvalue weighted by molar-refractivity contribution is 5.79. The molecule has 0 aromatic heterocycles. The summed E-state index contributed by atoms with van der Waals surface area (Å²) in [5.74, 6) is 0.139. The van der Waals surface area contributed by atoms with E-state index in [0.717, 1.165) is 0 Å². The molecule has 1 aliphatic rings. The number of carbonyl (C=O) groups excluding carboxylic acids is 1. The molecule has 1 heterocycles. The maximum Gasteiger partial charge on any atom is 0.240 e. The molecule has 0 saturated carbocycles. The summed E-state index contributed by atoms with van der Waals surface area (Å²) in [6, 6.07) is 0. The Bertz CT molecular complexity index is 219. The summed E-state index contributed by atoms with van der Waals surface area (Å²) in [7, 11) is 3.78. The number of rotatable bonds is 2. The molecule has 0 spiro atoms. The van der Waals surface area contributed by atoms with Crippen molar-refractivity contribution in [2.24, 2.45) is 0 Å². The summed E-state index contributed by atoms with van der Waals surface area (Å²) in [6.07, 6.45) is 7.59. The molecule has 0 aromatic rings. The Hall–Kier alpha value is -1.09. The zero-order valence-electron chi connectivity index (χ0n) is 7.53. The van der Waals surface area contributed by atoms with Crippen LogP contribution < -0.4 is 0 Å². The molecule has 0 aromatic carbocycles. The lowest BCUT2D eigenvalue weighted by molar-refractivity contribution is -0.128. The van der Waals surface area contributed by atoms with Gasteiger partial charge in [-0.3, -0.25) is 4.79 Å². The lowest BCUT2D eigenvalue weighted by Crippen LogP contribution is -2.34. The van der Waals surface area contributed by atoms with Gasteiger partial charge in [0.2, 0.25) is 5.91 Å². The van der Waals surface area contributed by atoms with E-state index >= 15 is 0 Å². The first-order chi connectivity index (χ1) is 5.70. The van der Waals surface area contributed by atoms with Crippen LogP contribution in [0.25, 0.3) is 0 Å². The number of likely N-dealkylation sites (N-methyl/N-ethyl adjacent to an activating group) is 1. The molecule has 0 atom stereocenters. The zero-order valence-corrected chi connectivity index (χ0v) is 7.53. The normalized spacial score (nSPS) is 15.8. The van der Waals surface area contributed by atoms with Crippen molar-refractivity contribution in [3.63, 3.8) is 0 Å². The fraction of sp³-hybridized carbons (Fsp3) is 0.444. The van der Waals surface area contributed by atoms with Crippen molar-refractivity contribution in [1.29, 1.82) is 0 Å². The SMILES string of the molecule is CN(C)CC(=O)N1C=CC=CC1. The van der Waals surface area contributed by atoms with E-state index < -0.39 is 0 Å². The van der Waals surface area contributed by atoms with Crippen LogP contribution in [0.1, 0.15) is 0 Å². The van der Waals surface area contributed by atoms with E-state index in [4.69, 9.17) is 0 Å². The van der Waals surface area contributed by atoms with E-state index in [1.807, 2.05) is 43.4 Å². The summed E-state index contributed by atoms with van der Waals surface area (Å²) in [4.78, 5) is 15.0. The molecule has 12 heavy (non-hydrogen) atoms. The van der Waals surface area contributed by atoms with Crippen molar-refractivity contribution < 1.29 is 4.79 Å². The molecule has 3 nitrogen and oxygen atoms in total. The second kappa shape index (κ2) is 4.07. The summed E-state index contributed by atoms with van der Waals surface area (Å²) in [5, 5.41) is 0. The topological polar surface area (TPSA) is 23.6 Å². The Balaban J connectivity index is 2.42. The molecular formula is C9H14N2O. The van der Waals surface area contributed by atoms with Crippen molar-refractivity contribution in [1.82, 2.24) is 9.80 Å². The second-order valence-corrected chi connectivity index (χ2v) is 3.05. The van der Waals surface area contributed by atoms with E-state index in [-0.39, 0.29) is 5.91 Å². The Morgan fingerprint density at radius 3 is 2.75 bits per heavy atom. The van der Waals surface area contributed by atoms with Crippen LogP contribution >= 0.6 is 0 Å². The molecule has 0 bridgehead atoms. The third-order valence-electron chi connectivity index (χ3n) is 1.59. The number of hydrogen-bond donors (Lipinski definition) is 0. The summed E-state index contributed by atoms with van der Waals surface area (Å²) in [6.45, 7) is 1.17. The molecule has 0 radical (unpaired) electrons. The highest BCUT2D eigenvalue weighted by Crippen LogP contribution is 1.99. The van der Waals surface area contributed by atoms with Gasteiger partial charge in [-0.05, 0) is 20.2 Å². The van der Waals surface area contributed by atoms with Gasteiger partial charge in [-0.2, -0.15) is 0 Å². The van der Waals surface area contributed by atoms with E-state index in [0.29, 0.717) is 13.1 Å². The van der Waals surface area contributed by atoms with Gasteiger partial charge in [0.15, 0.2) is 0 Å². The minimum Gasteiger partial charge on any atom is -0.314 e. The molecule has 1 aliphatic heterocycles. The highest BCUT2D eigenvalue weighted by atomic mass is 16.2. The molecule has 1 amide bonds. The summed E-state index contributed by atoms with van der Waals surface area (Å²) in [5.41, 5.74) is 0. The molecular weight excluding hydrogens is 152 g/mol. The lowest BCUT2D eigenvalue weighted by atomic mass is 10.3. The van der Waals surface area contributed by atoms with Crippen LogP contribution in [-0.4, -0.2) is 42.9 Å². The molecule has 0 saturated heterocycles. The number of allylic oxidation sites excluding steroid dienone is 2. The van der Waals surface area contributed by atoms with Gasteiger partial charge in [0.05, 0.1) is 6.54 Å². The Morgan fingerprint density at radius 2 is 2.25 bits per heavy atom. The standard InChI is InChI=1S/C9H14N2O/c1-10(2)8-9(12)11-6-4-3-5-7-11/h3-6H,7-8H2,1-2H3. The molecule has 3 heteroatoms. The first kappa shape index (κ1) is 9.00. The van der Waals surface area contributed by atoms with Crippen molar-refractivity contribution in [3.05, 3.63) is 24.4 Å². The molecule has 0 N–H and O–H groups in total. The third-order valence-corrected chi connectivity index (χ3v) is 1.59. The quantitative estimate of drug-likeness (QED) is 0.595. The predicted octanol–water partition coefficient (Wildman–Crippen LogP) is 0.460. The van der Waals surface area contributed by atoms with Gasteiger partial charge in [0.25, 0.3) is 0 Å². The highest BCUT2D eigenvalue weighted by Gasteiger charge is 2.10. The molecule has 1 rings (SSSR count). The van der Waals surface area contributed by atoms with Gasteiger partial charge in [-0.1, -0.05) is 12.2 Å². The van der Waals surface area contributed by atoms with Gasteiger partial charge < -0.3 is 9.80 Å². The van der Waals surface area contributed by atoms with Gasteiger partial charge >= 0.3 is 0 Å². The fourth-order valence-corrected chi connectivity index (χ4v) is 1.01. The van der Waals surface area contributed by atoms with Crippen molar-refractivity contribution in [2.45, 2.75) is 0 Å². The minimum atomic E-state index is 0.139. The lowest BCUT2D eigenvalue weighted by Gasteiger charge is -2.20. The number of nitrogens with zero attached hydrogens (tertiary/aromatic N) is 2. The van der Waals surface area contributed by atoms with Crippen LogP contribution in [0.15, 0.2) is 24.4 Å².